The average Bonchev–Trinajstić information content (AvgIpc) is 2.89. The highest BCUT2D eigenvalue weighted by Crippen LogP contribution is 2.41. The zero-order chi connectivity index (χ0) is 29.9. The lowest BCUT2D eigenvalue weighted by atomic mass is 9.94. The average molecular weight is 631 g/mol. The Hall–Kier alpha value is -3.15. The Morgan fingerprint density at radius 2 is 1.63 bits per heavy atom. The van der Waals surface area contributed by atoms with Crippen LogP contribution in [0.2, 0.25) is 10.0 Å². The number of para-hydroxylation sites is 1. The summed E-state index contributed by atoms with van der Waals surface area (Å²) in [5, 5.41) is 0.993. The van der Waals surface area contributed by atoms with E-state index in [0.717, 1.165) is 9.80 Å². The van der Waals surface area contributed by atoms with Crippen LogP contribution in [-0.4, -0.2) is 28.2 Å². The van der Waals surface area contributed by atoms with Crippen LogP contribution in [0, 0.1) is 0 Å². The van der Waals surface area contributed by atoms with Crippen molar-refractivity contribution in [2.45, 2.75) is 30.3 Å². The van der Waals surface area contributed by atoms with Crippen molar-refractivity contribution < 1.29 is 31.1 Å². The zero-order valence-electron chi connectivity index (χ0n) is 21.0. The third-order valence-electron chi connectivity index (χ3n) is 6.65. The second-order valence-corrected chi connectivity index (χ2v) is 11.4. The molecule has 1 aromatic heterocycles. The number of carbonyl (C=O) groups excluding carboxylic acids is 1. The highest BCUT2D eigenvalue weighted by molar-refractivity contribution is 7.99. The van der Waals surface area contributed by atoms with E-state index in [1.165, 1.54) is 35.5 Å². The number of hydrogen-bond acceptors (Lipinski definition) is 3. The Morgan fingerprint density at radius 3 is 2.24 bits per heavy atom. The first-order valence-electron chi connectivity index (χ1n) is 12.0. The summed E-state index contributed by atoms with van der Waals surface area (Å²) in [6.07, 6.45) is -10.1. The number of benzene rings is 3. The summed E-state index contributed by atoms with van der Waals surface area (Å²) in [4.78, 5) is 29.5. The summed E-state index contributed by atoms with van der Waals surface area (Å²) in [5.74, 6) is -0.336. The fourth-order valence-electron chi connectivity index (χ4n) is 4.87. The molecule has 1 aliphatic heterocycles. The molecule has 3 aromatic carbocycles. The van der Waals surface area contributed by atoms with E-state index in [0.29, 0.717) is 39.4 Å². The molecule has 13 heteroatoms. The number of aryl methyl sites for hydroxylation is 1. The van der Waals surface area contributed by atoms with Gasteiger partial charge in [0.1, 0.15) is 5.56 Å². The topological polar surface area (TPSA) is 42.3 Å². The standard InChI is InChI=1S/C28H18Cl2F6N2O2S/c1-37(13-14-9-15(27(31,32)33)11-16(10-14)28(34,35)36)25(39)23-22(18-6-5-17(29)12-20(18)30)19-3-2-4-21-24(19)38(26(23)40)7-8-41-21/h2-6,9-12H,7-8,13H2,1H3. The van der Waals surface area contributed by atoms with Crippen LogP contribution >= 0.6 is 35.0 Å². The largest absolute Gasteiger partial charge is 0.416 e. The molecule has 0 aliphatic carbocycles. The molecule has 4 nitrogen and oxygen atoms in total. The Morgan fingerprint density at radius 1 is 0.976 bits per heavy atom. The summed E-state index contributed by atoms with van der Waals surface area (Å²) in [7, 11) is 1.20. The van der Waals surface area contributed by atoms with Crippen LogP contribution in [0.4, 0.5) is 26.3 Å². The molecule has 1 aliphatic rings. The molecule has 0 bridgehead atoms. The van der Waals surface area contributed by atoms with Crippen molar-refractivity contribution in [3.05, 3.63) is 97.3 Å². The number of amides is 1. The first-order valence-corrected chi connectivity index (χ1v) is 13.7. The van der Waals surface area contributed by atoms with Gasteiger partial charge in [-0.05, 0) is 42.0 Å². The molecule has 5 rings (SSSR count). The Balaban J connectivity index is 1.69. The minimum Gasteiger partial charge on any atom is -0.337 e. The second-order valence-electron chi connectivity index (χ2n) is 9.41. The van der Waals surface area contributed by atoms with Crippen molar-refractivity contribution >= 4 is 51.8 Å². The maximum atomic E-state index is 13.9. The number of thioether (sulfide) groups is 1. The fraction of sp³-hybridized carbons (Fsp3) is 0.214. The van der Waals surface area contributed by atoms with Crippen molar-refractivity contribution in [2.75, 3.05) is 12.8 Å². The van der Waals surface area contributed by atoms with Gasteiger partial charge >= 0.3 is 12.4 Å². The molecular formula is C28H18Cl2F6N2O2S. The van der Waals surface area contributed by atoms with E-state index in [1.807, 2.05) is 6.07 Å². The molecule has 0 saturated carbocycles. The second kappa shape index (κ2) is 10.6. The predicted octanol–water partition coefficient (Wildman–Crippen LogP) is 8.39. The lowest BCUT2D eigenvalue weighted by molar-refractivity contribution is -0.143. The predicted molar refractivity (Wildman–Crippen MR) is 147 cm³/mol. The molecule has 0 saturated heterocycles. The number of rotatable bonds is 4. The van der Waals surface area contributed by atoms with E-state index in [1.54, 1.807) is 18.2 Å². The summed E-state index contributed by atoms with van der Waals surface area (Å²) in [6.45, 7) is -0.342. The number of halogens is 8. The van der Waals surface area contributed by atoms with Crippen LogP contribution < -0.4 is 5.56 Å². The highest BCUT2D eigenvalue weighted by atomic mass is 35.5. The lowest BCUT2D eigenvalue weighted by Gasteiger charge is -2.25. The number of nitrogens with zero attached hydrogens (tertiary/aromatic N) is 2. The van der Waals surface area contributed by atoms with Gasteiger partial charge in [-0.25, -0.2) is 0 Å². The van der Waals surface area contributed by atoms with Gasteiger partial charge in [0.25, 0.3) is 11.5 Å². The fourth-order valence-corrected chi connectivity index (χ4v) is 6.40. The minimum atomic E-state index is -5.05. The monoisotopic (exact) mass is 630 g/mol. The highest BCUT2D eigenvalue weighted by Gasteiger charge is 2.37. The number of pyridine rings is 1. The Kier molecular flexibility index (Phi) is 7.59. The molecule has 0 atom stereocenters. The first kappa shape index (κ1) is 29.3. The van der Waals surface area contributed by atoms with Crippen LogP contribution in [0.5, 0.6) is 0 Å². The van der Waals surface area contributed by atoms with Crippen LogP contribution in [0.3, 0.4) is 0 Å². The van der Waals surface area contributed by atoms with Crippen LogP contribution in [0.15, 0.2) is 64.3 Å². The Labute approximate surface area is 243 Å². The van der Waals surface area contributed by atoms with Gasteiger partial charge < -0.3 is 9.47 Å². The molecule has 0 fully saturated rings. The molecule has 214 valence electrons. The van der Waals surface area contributed by atoms with Crippen molar-refractivity contribution in [3.63, 3.8) is 0 Å². The van der Waals surface area contributed by atoms with Gasteiger partial charge in [-0.3, -0.25) is 9.59 Å². The quantitative estimate of drug-likeness (QED) is 0.213. The molecule has 0 N–H and O–H groups in total. The molecule has 0 spiro atoms. The van der Waals surface area contributed by atoms with Gasteiger partial charge in [0.05, 0.1) is 16.6 Å². The van der Waals surface area contributed by atoms with Crippen LogP contribution in [0.1, 0.15) is 27.0 Å². The van der Waals surface area contributed by atoms with Crippen molar-refractivity contribution in [1.29, 1.82) is 0 Å². The van der Waals surface area contributed by atoms with E-state index in [9.17, 15) is 35.9 Å². The smallest absolute Gasteiger partial charge is 0.337 e. The minimum absolute atomic E-state index is 0.0159. The number of hydrogen-bond donors (Lipinski definition) is 0. The molecule has 4 aromatic rings. The van der Waals surface area contributed by atoms with Crippen LogP contribution in [0.25, 0.3) is 22.0 Å². The number of alkyl halides is 6. The van der Waals surface area contributed by atoms with Gasteiger partial charge in [-0.15, -0.1) is 11.8 Å². The van der Waals surface area contributed by atoms with E-state index >= 15 is 0 Å². The van der Waals surface area contributed by atoms with E-state index in [-0.39, 0.29) is 28.8 Å². The third-order valence-corrected chi connectivity index (χ3v) is 8.22. The summed E-state index contributed by atoms with van der Waals surface area (Å²) < 4.78 is 81.9. The lowest BCUT2D eigenvalue weighted by Crippen LogP contribution is -2.36. The Bertz CT molecular complexity index is 1740. The van der Waals surface area contributed by atoms with Crippen molar-refractivity contribution in [2.24, 2.45) is 0 Å². The van der Waals surface area contributed by atoms with Crippen molar-refractivity contribution in [1.82, 2.24) is 9.47 Å². The number of aromatic nitrogens is 1. The van der Waals surface area contributed by atoms with E-state index in [4.69, 9.17) is 23.2 Å². The zero-order valence-corrected chi connectivity index (χ0v) is 23.3. The number of carbonyl (C=O) groups is 1. The van der Waals surface area contributed by atoms with Crippen LogP contribution in [-0.2, 0) is 25.4 Å². The van der Waals surface area contributed by atoms with Gasteiger partial charge in [-0.1, -0.05) is 41.4 Å². The summed E-state index contributed by atoms with van der Waals surface area (Å²) >= 11 is 14.1. The molecule has 1 amide bonds. The van der Waals surface area contributed by atoms with Crippen molar-refractivity contribution in [3.8, 4) is 11.1 Å². The van der Waals surface area contributed by atoms with Gasteiger partial charge in [-0.2, -0.15) is 26.3 Å². The third kappa shape index (κ3) is 5.54. The molecule has 41 heavy (non-hydrogen) atoms. The summed E-state index contributed by atoms with van der Waals surface area (Å²) in [5.41, 5.74) is -3.25. The molecular weight excluding hydrogens is 613 g/mol. The maximum absolute atomic E-state index is 13.9. The first-order chi connectivity index (χ1) is 19.2. The van der Waals surface area contributed by atoms with Gasteiger partial charge in [0, 0.05) is 57.3 Å². The molecule has 0 unspecified atom stereocenters. The van der Waals surface area contributed by atoms with E-state index < -0.39 is 47.1 Å². The molecule has 0 radical (unpaired) electrons. The SMILES string of the molecule is CN(Cc1cc(C(F)(F)F)cc(C(F)(F)F)c1)C(=O)c1c(-c2ccc(Cl)cc2Cl)c2cccc3c2n(c1=O)CCS3. The van der Waals surface area contributed by atoms with E-state index in [2.05, 4.69) is 0 Å². The normalized spacial score (nSPS) is 13.5. The van der Waals surface area contributed by atoms with Gasteiger partial charge in [0.2, 0.25) is 0 Å². The summed E-state index contributed by atoms with van der Waals surface area (Å²) in [6, 6.07) is 11.0. The van der Waals surface area contributed by atoms with Gasteiger partial charge in [0.15, 0.2) is 0 Å². The maximum Gasteiger partial charge on any atom is 0.416 e. The molecule has 2 heterocycles.